The fourth-order valence-electron chi connectivity index (χ4n) is 4.50. The summed E-state index contributed by atoms with van der Waals surface area (Å²) in [6.07, 6.45) is 2.14. The van der Waals surface area contributed by atoms with Crippen LogP contribution >= 0.6 is 0 Å². The number of ether oxygens (including phenoxy) is 2. The summed E-state index contributed by atoms with van der Waals surface area (Å²) in [5.74, 6) is 0.307. The number of rotatable bonds is 7. The van der Waals surface area contributed by atoms with E-state index in [1.165, 1.54) is 5.69 Å². The van der Waals surface area contributed by atoms with Gasteiger partial charge in [-0.25, -0.2) is 9.59 Å². The number of nitrogens with zero attached hydrogens (tertiary/aromatic N) is 2. The normalized spacial score (nSPS) is 20.8. The minimum absolute atomic E-state index is 0.0589. The number of amides is 2. The molecule has 2 N–H and O–H groups in total. The number of aromatic nitrogens is 1. The summed E-state index contributed by atoms with van der Waals surface area (Å²) in [6, 6.07) is 10.8. The van der Waals surface area contributed by atoms with Crippen LogP contribution < -0.4 is 15.4 Å². The van der Waals surface area contributed by atoms with Gasteiger partial charge in [-0.3, -0.25) is 4.90 Å². The molecule has 0 fully saturated rings. The van der Waals surface area contributed by atoms with Gasteiger partial charge in [0.1, 0.15) is 5.75 Å². The predicted octanol–water partition coefficient (Wildman–Crippen LogP) is 3.52. The van der Waals surface area contributed by atoms with Crippen molar-refractivity contribution in [3.8, 4) is 5.75 Å². The molecule has 33 heavy (non-hydrogen) atoms. The number of fused-ring (bicyclic) bond motifs is 1. The molecule has 0 bridgehead atoms. The highest BCUT2D eigenvalue weighted by Crippen LogP contribution is 2.32. The molecule has 0 radical (unpaired) electrons. The lowest BCUT2D eigenvalue weighted by Gasteiger charge is -2.37. The maximum absolute atomic E-state index is 13.1. The Labute approximate surface area is 194 Å². The topological polar surface area (TPSA) is 84.8 Å². The Kier molecular flexibility index (Phi) is 6.74. The third kappa shape index (κ3) is 4.90. The summed E-state index contributed by atoms with van der Waals surface area (Å²) in [7, 11) is 0. The second-order valence-corrected chi connectivity index (χ2v) is 8.65. The van der Waals surface area contributed by atoms with E-state index in [4.69, 9.17) is 9.47 Å². The van der Waals surface area contributed by atoms with Crippen LogP contribution in [0.1, 0.15) is 51.0 Å². The number of urea groups is 1. The first-order valence-corrected chi connectivity index (χ1v) is 11.5. The first-order valence-electron chi connectivity index (χ1n) is 11.5. The second-order valence-electron chi connectivity index (χ2n) is 8.65. The predicted molar refractivity (Wildman–Crippen MR) is 125 cm³/mol. The molecule has 0 aliphatic carbocycles. The van der Waals surface area contributed by atoms with E-state index in [1.807, 2.05) is 44.2 Å². The molecule has 0 spiro atoms. The van der Waals surface area contributed by atoms with Crippen molar-refractivity contribution in [1.82, 2.24) is 20.1 Å². The first-order chi connectivity index (χ1) is 15.9. The monoisotopic (exact) mass is 452 g/mol. The van der Waals surface area contributed by atoms with Crippen LogP contribution in [0.3, 0.4) is 0 Å². The van der Waals surface area contributed by atoms with Crippen LogP contribution in [0, 0.1) is 0 Å². The van der Waals surface area contributed by atoms with Crippen molar-refractivity contribution in [2.24, 2.45) is 0 Å². The van der Waals surface area contributed by atoms with E-state index in [2.05, 4.69) is 39.3 Å². The van der Waals surface area contributed by atoms with Crippen molar-refractivity contribution in [3.63, 3.8) is 0 Å². The van der Waals surface area contributed by atoms with Crippen molar-refractivity contribution < 1.29 is 19.1 Å². The molecular formula is C25H32N4O4. The van der Waals surface area contributed by atoms with E-state index in [0.29, 0.717) is 17.8 Å². The molecule has 8 heteroatoms. The second kappa shape index (κ2) is 9.70. The Bertz CT molecular complexity index is 1040. The summed E-state index contributed by atoms with van der Waals surface area (Å²) in [5, 5.41) is 5.78. The van der Waals surface area contributed by atoms with Crippen LogP contribution in [-0.4, -0.2) is 47.3 Å². The van der Waals surface area contributed by atoms with E-state index in [1.54, 1.807) is 6.92 Å². The highest BCUT2D eigenvalue weighted by molar-refractivity contribution is 5.95. The summed E-state index contributed by atoms with van der Waals surface area (Å²) >= 11 is 0. The van der Waals surface area contributed by atoms with E-state index < -0.39 is 12.0 Å². The van der Waals surface area contributed by atoms with Gasteiger partial charge >= 0.3 is 12.0 Å². The van der Waals surface area contributed by atoms with Gasteiger partial charge in [0, 0.05) is 43.3 Å². The van der Waals surface area contributed by atoms with E-state index >= 15 is 0 Å². The maximum Gasteiger partial charge on any atom is 0.338 e. The SMILES string of the molecule is CCOC(=O)C1=C(CN2CCn3cccc3[C@@H]2C)NC(=O)N[C@H]1c1ccc(OC(C)C)cc1. The highest BCUT2D eigenvalue weighted by atomic mass is 16.5. The van der Waals surface area contributed by atoms with Gasteiger partial charge in [-0.1, -0.05) is 12.1 Å². The lowest BCUT2D eigenvalue weighted by Crippen LogP contribution is -2.49. The van der Waals surface area contributed by atoms with Gasteiger partial charge in [-0.15, -0.1) is 0 Å². The van der Waals surface area contributed by atoms with Crippen molar-refractivity contribution in [2.45, 2.75) is 52.4 Å². The van der Waals surface area contributed by atoms with Crippen molar-refractivity contribution >= 4 is 12.0 Å². The molecule has 2 atom stereocenters. The molecule has 176 valence electrons. The summed E-state index contributed by atoms with van der Waals surface area (Å²) in [5.41, 5.74) is 3.03. The number of benzene rings is 1. The zero-order valence-electron chi connectivity index (χ0n) is 19.6. The fourth-order valence-corrected chi connectivity index (χ4v) is 4.50. The molecule has 1 aromatic carbocycles. The fraction of sp³-hybridized carbons (Fsp3) is 0.440. The molecule has 8 nitrogen and oxygen atoms in total. The van der Waals surface area contributed by atoms with Crippen LogP contribution in [0.4, 0.5) is 4.79 Å². The van der Waals surface area contributed by atoms with Crippen molar-refractivity contribution in [3.05, 3.63) is 65.1 Å². The van der Waals surface area contributed by atoms with Crippen LogP contribution in [0.15, 0.2) is 53.9 Å². The average Bonchev–Trinajstić information content (AvgIpc) is 3.25. The minimum atomic E-state index is -0.607. The van der Waals surface area contributed by atoms with Crippen molar-refractivity contribution in [2.75, 3.05) is 19.7 Å². The molecule has 0 unspecified atom stereocenters. The summed E-state index contributed by atoms with van der Waals surface area (Å²) in [6.45, 7) is 10.2. The molecule has 2 aliphatic heterocycles. The molecule has 2 amide bonds. The number of hydrogen-bond donors (Lipinski definition) is 2. The minimum Gasteiger partial charge on any atom is -0.491 e. The third-order valence-electron chi connectivity index (χ3n) is 6.06. The highest BCUT2D eigenvalue weighted by Gasteiger charge is 2.35. The lowest BCUT2D eigenvalue weighted by molar-refractivity contribution is -0.139. The number of carbonyl (C=O) groups excluding carboxylic acids is 2. The van der Waals surface area contributed by atoms with Gasteiger partial charge in [0.25, 0.3) is 0 Å². The Hall–Kier alpha value is -3.26. The molecule has 1 aromatic heterocycles. The Morgan fingerprint density at radius 2 is 1.94 bits per heavy atom. The number of esters is 1. The Morgan fingerprint density at radius 1 is 1.18 bits per heavy atom. The smallest absolute Gasteiger partial charge is 0.338 e. The standard InChI is InChI=1S/C25H32N4O4/c1-5-32-24(30)22-20(15-29-14-13-28-12-6-7-21(28)17(29)4)26-25(31)27-23(22)18-8-10-19(11-9-18)33-16(2)3/h6-12,16-17,23H,5,13-15H2,1-4H3,(H2,26,27,31)/t17-,23-/m0/s1. The van der Waals surface area contributed by atoms with E-state index in [0.717, 1.165) is 24.4 Å². The number of hydrogen-bond acceptors (Lipinski definition) is 5. The molecule has 0 saturated heterocycles. The first kappa shape index (κ1) is 22.9. The van der Waals surface area contributed by atoms with Gasteiger partial charge in [0.05, 0.1) is 24.3 Å². The quantitative estimate of drug-likeness (QED) is 0.628. The van der Waals surface area contributed by atoms with Gasteiger partial charge < -0.3 is 24.7 Å². The average molecular weight is 453 g/mol. The van der Waals surface area contributed by atoms with Crippen LogP contribution in [0.5, 0.6) is 5.75 Å². The Morgan fingerprint density at radius 3 is 2.64 bits per heavy atom. The summed E-state index contributed by atoms with van der Waals surface area (Å²) < 4.78 is 13.4. The number of carbonyl (C=O) groups is 2. The van der Waals surface area contributed by atoms with Gasteiger partial charge in [0.2, 0.25) is 0 Å². The van der Waals surface area contributed by atoms with Crippen LogP contribution in [0.25, 0.3) is 0 Å². The van der Waals surface area contributed by atoms with Crippen LogP contribution in [-0.2, 0) is 16.1 Å². The number of nitrogens with one attached hydrogen (secondary N) is 2. The largest absolute Gasteiger partial charge is 0.491 e. The van der Waals surface area contributed by atoms with Gasteiger partial charge in [-0.05, 0) is 57.5 Å². The Balaban J connectivity index is 1.67. The van der Waals surface area contributed by atoms with Gasteiger partial charge in [0.15, 0.2) is 0 Å². The molecular weight excluding hydrogens is 420 g/mol. The molecule has 2 aromatic rings. The summed E-state index contributed by atoms with van der Waals surface area (Å²) in [4.78, 5) is 28.0. The van der Waals surface area contributed by atoms with Crippen molar-refractivity contribution in [1.29, 1.82) is 0 Å². The molecule has 0 saturated carbocycles. The van der Waals surface area contributed by atoms with E-state index in [9.17, 15) is 9.59 Å². The zero-order valence-corrected chi connectivity index (χ0v) is 19.6. The molecule has 3 heterocycles. The van der Waals surface area contributed by atoms with Gasteiger partial charge in [-0.2, -0.15) is 0 Å². The van der Waals surface area contributed by atoms with E-state index in [-0.39, 0.29) is 24.8 Å². The molecule has 4 rings (SSSR count). The third-order valence-corrected chi connectivity index (χ3v) is 6.06. The molecule has 2 aliphatic rings. The lowest BCUT2D eigenvalue weighted by atomic mass is 9.94. The zero-order chi connectivity index (χ0) is 23.5. The maximum atomic E-state index is 13.1. The van der Waals surface area contributed by atoms with Crippen LogP contribution in [0.2, 0.25) is 0 Å².